The summed E-state index contributed by atoms with van der Waals surface area (Å²) >= 11 is 0. The first-order valence-corrected chi connectivity index (χ1v) is 14.3. The number of allylic oxidation sites excluding steroid dienone is 3. The molecule has 0 saturated heterocycles. The highest BCUT2D eigenvalue weighted by Gasteiger charge is 2.35. The van der Waals surface area contributed by atoms with E-state index in [2.05, 4.69) is 23.5 Å². The molecule has 3 aromatic carbocycles. The largest absolute Gasteiger partial charge is 0.459 e. The highest BCUT2D eigenvalue weighted by Crippen LogP contribution is 2.32. The van der Waals surface area contributed by atoms with Crippen LogP contribution in [0.5, 0.6) is 0 Å². The molecular weight excluding hydrogens is 546 g/mol. The average molecular weight is 582 g/mol. The normalized spacial score (nSPS) is 12.5. The van der Waals surface area contributed by atoms with E-state index in [4.69, 9.17) is 4.42 Å². The Bertz CT molecular complexity index is 1720. The van der Waals surface area contributed by atoms with Crippen LogP contribution in [0.3, 0.4) is 0 Å². The Balaban J connectivity index is 0.00000461. The molecule has 0 bridgehead atoms. The number of nitrogens with zero attached hydrogens (tertiary/aromatic N) is 2. The van der Waals surface area contributed by atoms with Crippen LogP contribution in [0.2, 0.25) is 0 Å². The minimum atomic E-state index is -1.05. The molecule has 44 heavy (non-hydrogen) atoms. The molecule has 6 nitrogen and oxygen atoms in total. The topological polar surface area (TPSA) is 75.4 Å². The summed E-state index contributed by atoms with van der Waals surface area (Å²) in [6.45, 7) is 8.09. The van der Waals surface area contributed by atoms with Gasteiger partial charge in [0.15, 0.2) is 5.76 Å². The Labute approximate surface area is 259 Å². The Morgan fingerprint density at radius 3 is 2.14 bits per heavy atom. The number of hydrogen-bond donors (Lipinski definition) is 1. The van der Waals surface area contributed by atoms with Crippen LogP contribution < -0.4 is 10.2 Å². The van der Waals surface area contributed by atoms with Crippen LogP contribution in [0.1, 0.15) is 35.1 Å². The maximum absolute atomic E-state index is 14.3. The smallest absolute Gasteiger partial charge is 0.294 e. The van der Waals surface area contributed by atoms with Crippen molar-refractivity contribution in [3.63, 3.8) is 0 Å². The molecule has 5 rings (SSSR count). The molecule has 2 unspecified atom stereocenters. The van der Waals surface area contributed by atoms with Crippen LogP contribution in [-0.4, -0.2) is 23.3 Å². The Kier molecular flexibility index (Phi) is 9.75. The summed E-state index contributed by atoms with van der Waals surface area (Å²) < 4.78 is 5.52. The van der Waals surface area contributed by atoms with E-state index in [0.29, 0.717) is 11.3 Å². The zero-order valence-electron chi connectivity index (χ0n) is 24.3. The number of rotatable bonds is 12. The van der Waals surface area contributed by atoms with Gasteiger partial charge in [0.1, 0.15) is 6.04 Å². The maximum Gasteiger partial charge on any atom is 0.294 e. The summed E-state index contributed by atoms with van der Waals surface area (Å²) in [5.41, 5.74) is 5.04. The lowest BCUT2D eigenvalue weighted by Gasteiger charge is -2.31. The molecule has 220 valence electrons. The number of anilines is 1. The number of pyridine rings is 1. The van der Waals surface area contributed by atoms with Crippen molar-refractivity contribution in [3.05, 3.63) is 182 Å². The second-order valence-electron chi connectivity index (χ2n) is 10.1. The van der Waals surface area contributed by atoms with E-state index in [1.807, 2.05) is 91.0 Å². The summed E-state index contributed by atoms with van der Waals surface area (Å²) in [4.78, 5) is 34.1. The molecule has 0 fully saturated rings. The van der Waals surface area contributed by atoms with Gasteiger partial charge in [-0.25, -0.2) is 0 Å². The fourth-order valence-electron chi connectivity index (χ4n) is 5.18. The molecule has 2 amide bonds. The van der Waals surface area contributed by atoms with Crippen molar-refractivity contribution in [2.24, 2.45) is 0 Å². The molecule has 0 radical (unpaired) electrons. The third-order valence-electron chi connectivity index (χ3n) is 7.34. The second-order valence-corrected chi connectivity index (χ2v) is 10.1. The van der Waals surface area contributed by atoms with Crippen LogP contribution >= 0.6 is 0 Å². The Morgan fingerprint density at radius 1 is 0.841 bits per heavy atom. The first-order valence-electron chi connectivity index (χ1n) is 14.3. The minimum Gasteiger partial charge on any atom is -0.459 e. The summed E-state index contributed by atoms with van der Waals surface area (Å²) in [5, 5.41) is 3.13. The quantitative estimate of drug-likeness (QED) is 0.151. The standard InChI is InChI=1S/C38H33N3O3.H2/c1-3-13-28(4-2)34(31-16-9-6-10-17-31)27-40-37(42)36(32-18-11-24-39-26-32)41(38(43)35-19-12-25-44-35)33-22-20-30(21-23-33)29-14-7-5-8-15-29;/h3-26,34,36H,1-2,27H2,(H,40,42);1H/b28-13+;. The van der Waals surface area contributed by atoms with Crippen molar-refractivity contribution in [1.82, 2.24) is 10.3 Å². The van der Waals surface area contributed by atoms with Crippen molar-refractivity contribution in [2.75, 3.05) is 11.4 Å². The fraction of sp³-hybridized carbons (Fsp3) is 0.0789. The van der Waals surface area contributed by atoms with E-state index in [1.54, 1.807) is 48.8 Å². The predicted octanol–water partition coefficient (Wildman–Crippen LogP) is 8.17. The van der Waals surface area contributed by atoms with E-state index < -0.39 is 11.9 Å². The Hall–Kier alpha value is -5.75. The number of amides is 2. The molecule has 5 aromatic rings. The fourth-order valence-corrected chi connectivity index (χ4v) is 5.18. The average Bonchev–Trinajstić information content (AvgIpc) is 3.63. The number of furan rings is 1. The third-order valence-corrected chi connectivity index (χ3v) is 7.34. The first-order chi connectivity index (χ1) is 21.6. The van der Waals surface area contributed by atoms with Gasteiger partial charge >= 0.3 is 0 Å². The second kappa shape index (κ2) is 14.4. The zero-order chi connectivity index (χ0) is 30.7. The number of hydrogen-bond acceptors (Lipinski definition) is 4. The van der Waals surface area contributed by atoms with Crippen LogP contribution in [0.4, 0.5) is 5.69 Å². The van der Waals surface area contributed by atoms with E-state index in [0.717, 1.165) is 22.3 Å². The van der Waals surface area contributed by atoms with Crippen molar-refractivity contribution in [2.45, 2.75) is 12.0 Å². The maximum atomic E-state index is 14.3. The number of benzene rings is 3. The molecule has 2 aromatic heterocycles. The molecule has 0 saturated carbocycles. The first kappa shape index (κ1) is 29.7. The number of carbonyl (C=O) groups is 2. The molecule has 2 atom stereocenters. The summed E-state index contributed by atoms with van der Waals surface area (Å²) in [6.07, 6.45) is 10.0. The van der Waals surface area contributed by atoms with Gasteiger partial charge in [0.25, 0.3) is 5.91 Å². The summed E-state index contributed by atoms with van der Waals surface area (Å²) in [6, 6.07) is 33.1. The molecule has 0 spiro atoms. The highest BCUT2D eigenvalue weighted by atomic mass is 16.3. The molecule has 0 aliphatic heterocycles. The lowest BCUT2D eigenvalue weighted by Crippen LogP contribution is -2.45. The molecule has 2 heterocycles. The van der Waals surface area contributed by atoms with E-state index >= 15 is 0 Å². The van der Waals surface area contributed by atoms with Crippen molar-refractivity contribution >= 4 is 17.5 Å². The van der Waals surface area contributed by atoms with Gasteiger partial charge in [0, 0.05) is 37.5 Å². The van der Waals surface area contributed by atoms with E-state index in [1.165, 1.54) is 11.2 Å². The minimum absolute atomic E-state index is 0. The van der Waals surface area contributed by atoms with Crippen LogP contribution in [0, 0.1) is 0 Å². The van der Waals surface area contributed by atoms with Crippen molar-refractivity contribution < 1.29 is 15.4 Å². The third kappa shape index (κ3) is 6.82. The van der Waals surface area contributed by atoms with Gasteiger partial charge in [-0.05, 0) is 52.6 Å². The highest BCUT2D eigenvalue weighted by molar-refractivity contribution is 6.08. The number of carbonyl (C=O) groups excluding carboxylic acids is 2. The number of aromatic nitrogens is 1. The SMILES string of the molecule is C=C/C=C(\C=C)C(CNC(=O)C(c1cccnc1)N(C(=O)c1ccco1)c1ccc(-c2ccccc2)cc1)c1ccccc1.[HH]. The van der Waals surface area contributed by atoms with Gasteiger partial charge in [-0.3, -0.25) is 19.5 Å². The molecule has 1 N–H and O–H groups in total. The van der Waals surface area contributed by atoms with Gasteiger partial charge in [0.05, 0.1) is 6.26 Å². The molecular formula is C38H35N3O3. The van der Waals surface area contributed by atoms with Crippen molar-refractivity contribution in [3.8, 4) is 11.1 Å². The summed E-state index contributed by atoms with van der Waals surface area (Å²) in [7, 11) is 0. The van der Waals surface area contributed by atoms with Gasteiger partial charge in [0.2, 0.25) is 5.91 Å². The lowest BCUT2D eigenvalue weighted by molar-refractivity contribution is -0.122. The molecule has 0 aliphatic rings. The Morgan fingerprint density at radius 2 is 1.52 bits per heavy atom. The van der Waals surface area contributed by atoms with Gasteiger partial charge in [-0.2, -0.15) is 0 Å². The van der Waals surface area contributed by atoms with Crippen LogP contribution in [0.15, 0.2) is 169 Å². The zero-order valence-corrected chi connectivity index (χ0v) is 24.3. The monoisotopic (exact) mass is 581 g/mol. The van der Waals surface area contributed by atoms with Gasteiger partial charge in [-0.15, -0.1) is 0 Å². The summed E-state index contributed by atoms with van der Waals surface area (Å²) in [5.74, 6) is -0.897. The van der Waals surface area contributed by atoms with E-state index in [9.17, 15) is 9.59 Å². The van der Waals surface area contributed by atoms with Gasteiger partial charge < -0.3 is 9.73 Å². The number of nitrogens with one attached hydrogen (secondary N) is 1. The van der Waals surface area contributed by atoms with Crippen molar-refractivity contribution in [1.29, 1.82) is 0 Å². The molecule has 0 aliphatic carbocycles. The lowest BCUT2D eigenvalue weighted by atomic mass is 9.90. The van der Waals surface area contributed by atoms with Gasteiger partial charge in [-0.1, -0.05) is 110 Å². The molecule has 6 heteroatoms. The predicted molar refractivity (Wildman–Crippen MR) is 177 cm³/mol. The van der Waals surface area contributed by atoms with Crippen LogP contribution in [-0.2, 0) is 4.79 Å². The van der Waals surface area contributed by atoms with Crippen LogP contribution in [0.25, 0.3) is 11.1 Å². The van der Waals surface area contributed by atoms with E-state index in [-0.39, 0.29) is 25.6 Å².